The molecule has 0 saturated carbocycles. The van der Waals surface area contributed by atoms with Crippen LogP contribution in [-0.4, -0.2) is 41.4 Å². The lowest BCUT2D eigenvalue weighted by Crippen LogP contribution is -2.38. The molecule has 0 saturated heterocycles. The van der Waals surface area contributed by atoms with Crippen molar-refractivity contribution in [3.63, 3.8) is 0 Å². The van der Waals surface area contributed by atoms with Gasteiger partial charge in [-0.3, -0.25) is 19.7 Å². The maximum atomic E-state index is 12.4. The molecule has 0 spiro atoms. The molecule has 114 valence electrons. The first-order chi connectivity index (χ1) is 9.86. The fraction of sp³-hybridized carbons (Fsp3) is 0.429. The Morgan fingerprint density at radius 3 is 2.57 bits per heavy atom. The number of non-ortho nitro benzene ring substituents is 1. The Labute approximate surface area is 122 Å². The molecule has 0 aliphatic carbocycles. The highest BCUT2D eigenvalue weighted by atomic mass is 16.6. The quantitative estimate of drug-likeness (QED) is 0.455. The Morgan fingerprint density at radius 2 is 2.05 bits per heavy atom. The Morgan fingerprint density at radius 1 is 1.38 bits per heavy atom. The molecule has 0 unspecified atom stereocenters. The van der Waals surface area contributed by atoms with E-state index in [1.54, 1.807) is 0 Å². The minimum absolute atomic E-state index is 0.0787. The number of hydrogen-bond acceptors (Lipinski definition) is 5. The third-order valence-corrected chi connectivity index (χ3v) is 2.97. The van der Waals surface area contributed by atoms with E-state index in [9.17, 15) is 19.7 Å². The van der Waals surface area contributed by atoms with Gasteiger partial charge in [0, 0.05) is 30.3 Å². The van der Waals surface area contributed by atoms with E-state index in [1.807, 2.05) is 13.8 Å². The van der Waals surface area contributed by atoms with E-state index in [-0.39, 0.29) is 36.2 Å². The number of nitro benzene ring substituents is 1. The molecule has 0 atom stereocenters. The monoisotopic (exact) mass is 294 g/mol. The van der Waals surface area contributed by atoms with E-state index in [4.69, 9.17) is 0 Å². The van der Waals surface area contributed by atoms with Crippen LogP contribution in [0.2, 0.25) is 0 Å². The molecule has 0 N–H and O–H groups in total. The number of amides is 1. The molecule has 0 aliphatic rings. The molecule has 1 aromatic rings. The number of benzene rings is 1. The number of hydrogen-bond donors (Lipinski definition) is 0. The molecule has 0 heterocycles. The Bertz CT molecular complexity index is 542. The SMILES string of the molecule is COC(=O)CCN(C(=O)c1cccc([N+](=O)[O-])c1)C(C)C. The third kappa shape index (κ3) is 4.55. The summed E-state index contributed by atoms with van der Waals surface area (Å²) >= 11 is 0. The first kappa shape index (κ1) is 16.6. The zero-order chi connectivity index (χ0) is 16.0. The summed E-state index contributed by atoms with van der Waals surface area (Å²) in [6.07, 6.45) is 0.0787. The molecule has 0 aromatic heterocycles. The van der Waals surface area contributed by atoms with Gasteiger partial charge in [-0.25, -0.2) is 0 Å². The van der Waals surface area contributed by atoms with Gasteiger partial charge in [-0.2, -0.15) is 0 Å². The first-order valence-electron chi connectivity index (χ1n) is 6.49. The number of carbonyl (C=O) groups excluding carboxylic acids is 2. The lowest BCUT2D eigenvalue weighted by atomic mass is 10.1. The van der Waals surface area contributed by atoms with Crippen LogP contribution in [0.4, 0.5) is 5.69 Å². The topological polar surface area (TPSA) is 89.8 Å². The van der Waals surface area contributed by atoms with Crippen molar-refractivity contribution in [2.45, 2.75) is 26.3 Å². The van der Waals surface area contributed by atoms with E-state index in [2.05, 4.69) is 4.74 Å². The highest BCUT2D eigenvalue weighted by molar-refractivity contribution is 5.95. The van der Waals surface area contributed by atoms with E-state index < -0.39 is 10.9 Å². The van der Waals surface area contributed by atoms with Crippen LogP contribution in [0.15, 0.2) is 24.3 Å². The number of rotatable bonds is 6. The highest BCUT2D eigenvalue weighted by Crippen LogP contribution is 2.16. The van der Waals surface area contributed by atoms with Gasteiger partial charge in [0.2, 0.25) is 0 Å². The third-order valence-electron chi connectivity index (χ3n) is 2.97. The predicted molar refractivity (Wildman–Crippen MR) is 75.9 cm³/mol. The maximum absolute atomic E-state index is 12.4. The molecule has 1 rings (SSSR count). The smallest absolute Gasteiger partial charge is 0.307 e. The van der Waals surface area contributed by atoms with Crippen LogP contribution in [0, 0.1) is 10.1 Å². The second-order valence-corrected chi connectivity index (χ2v) is 4.73. The number of methoxy groups -OCH3 is 1. The summed E-state index contributed by atoms with van der Waals surface area (Å²) in [6, 6.07) is 5.40. The molecular weight excluding hydrogens is 276 g/mol. The lowest BCUT2D eigenvalue weighted by Gasteiger charge is -2.26. The normalized spacial score (nSPS) is 10.3. The number of nitro groups is 1. The maximum Gasteiger partial charge on any atom is 0.307 e. The number of ether oxygens (including phenoxy) is 1. The summed E-state index contributed by atoms with van der Waals surface area (Å²) in [6.45, 7) is 3.82. The van der Waals surface area contributed by atoms with Gasteiger partial charge in [0.25, 0.3) is 11.6 Å². The van der Waals surface area contributed by atoms with Crippen LogP contribution < -0.4 is 0 Å². The van der Waals surface area contributed by atoms with Crippen molar-refractivity contribution in [1.29, 1.82) is 0 Å². The fourth-order valence-electron chi connectivity index (χ4n) is 1.83. The summed E-state index contributed by atoms with van der Waals surface area (Å²) in [4.78, 5) is 35.3. The van der Waals surface area contributed by atoms with Gasteiger partial charge < -0.3 is 9.64 Å². The summed E-state index contributed by atoms with van der Waals surface area (Å²) in [5.74, 6) is -0.759. The molecule has 1 aromatic carbocycles. The average Bonchev–Trinajstić information content (AvgIpc) is 2.46. The molecule has 0 radical (unpaired) electrons. The van der Waals surface area contributed by atoms with Crippen LogP contribution in [0.25, 0.3) is 0 Å². The summed E-state index contributed by atoms with van der Waals surface area (Å²) in [5.41, 5.74) is 0.0836. The number of esters is 1. The van der Waals surface area contributed by atoms with Gasteiger partial charge in [0.15, 0.2) is 0 Å². The van der Waals surface area contributed by atoms with E-state index in [0.29, 0.717) is 0 Å². The van der Waals surface area contributed by atoms with Crippen LogP contribution in [0.5, 0.6) is 0 Å². The van der Waals surface area contributed by atoms with Gasteiger partial charge in [0.05, 0.1) is 18.5 Å². The van der Waals surface area contributed by atoms with E-state index in [1.165, 1.54) is 36.3 Å². The second kappa shape index (κ2) is 7.37. The van der Waals surface area contributed by atoms with Crippen molar-refractivity contribution in [1.82, 2.24) is 4.90 Å². The van der Waals surface area contributed by atoms with Crippen LogP contribution in [0.3, 0.4) is 0 Å². The molecular formula is C14H18N2O5. The molecule has 0 aliphatic heterocycles. The Kier molecular flexibility index (Phi) is 5.83. The second-order valence-electron chi connectivity index (χ2n) is 4.73. The average molecular weight is 294 g/mol. The zero-order valence-corrected chi connectivity index (χ0v) is 12.2. The molecule has 1 amide bonds. The predicted octanol–water partition coefficient (Wildman–Crippen LogP) is 2.01. The van der Waals surface area contributed by atoms with Crippen molar-refractivity contribution >= 4 is 17.6 Å². The molecule has 7 nitrogen and oxygen atoms in total. The van der Waals surface area contributed by atoms with Gasteiger partial charge in [-0.15, -0.1) is 0 Å². The minimum atomic E-state index is -0.551. The summed E-state index contributed by atoms with van der Waals surface area (Å²) in [5, 5.41) is 10.8. The standard InChI is InChI=1S/C14H18N2O5/c1-10(2)15(8-7-13(17)21-3)14(18)11-5-4-6-12(9-11)16(19)20/h4-6,9-10H,7-8H2,1-3H3. The van der Waals surface area contributed by atoms with Gasteiger partial charge in [-0.1, -0.05) is 6.07 Å². The van der Waals surface area contributed by atoms with Gasteiger partial charge in [0.1, 0.15) is 0 Å². The first-order valence-corrected chi connectivity index (χ1v) is 6.49. The summed E-state index contributed by atoms with van der Waals surface area (Å²) in [7, 11) is 1.28. The van der Waals surface area contributed by atoms with E-state index >= 15 is 0 Å². The van der Waals surface area contributed by atoms with Crippen molar-refractivity contribution in [3.05, 3.63) is 39.9 Å². The minimum Gasteiger partial charge on any atom is -0.469 e. The molecule has 0 fully saturated rings. The van der Waals surface area contributed by atoms with Crippen LogP contribution in [0.1, 0.15) is 30.6 Å². The van der Waals surface area contributed by atoms with Gasteiger partial charge >= 0.3 is 5.97 Å². The van der Waals surface area contributed by atoms with E-state index in [0.717, 1.165) is 0 Å². The Balaban J connectivity index is 2.93. The van der Waals surface area contributed by atoms with Crippen LogP contribution in [-0.2, 0) is 9.53 Å². The zero-order valence-electron chi connectivity index (χ0n) is 12.2. The van der Waals surface area contributed by atoms with Crippen molar-refractivity contribution in [2.75, 3.05) is 13.7 Å². The number of carbonyl (C=O) groups is 2. The number of nitrogens with zero attached hydrogens (tertiary/aromatic N) is 2. The van der Waals surface area contributed by atoms with Crippen molar-refractivity contribution < 1.29 is 19.2 Å². The molecule has 7 heteroatoms. The van der Waals surface area contributed by atoms with Crippen molar-refractivity contribution in [3.8, 4) is 0 Å². The molecule has 21 heavy (non-hydrogen) atoms. The van der Waals surface area contributed by atoms with Gasteiger partial charge in [-0.05, 0) is 19.9 Å². The molecule has 0 bridgehead atoms. The van der Waals surface area contributed by atoms with Crippen LogP contribution >= 0.6 is 0 Å². The summed E-state index contributed by atoms with van der Waals surface area (Å²) < 4.78 is 4.55. The fourth-order valence-corrected chi connectivity index (χ4v) is 1.83. The lowest BCUT2D eigenvalue weighted by molar-refractivity contribution is -0.384. The highest BCUT2D eigenvalue weighted by Gasteiger charge is 2.21. The Hall–Kier alpha value is -2.44. The van der Waals surface area contributed by atoms with Crippen molar-refractivity contribution in [2.24, 2.45) is 0 Å². The largest absolute Gasteiger partial charge is 0.469 e.